The molecule has 4 nitrogen and oxygen atoms in total. The zero-order valence-electron chi connectivity index (χ0n) is 14.9. The summed E-state index contributed by atoms with van der Waals surface area (Å²) in [5.41, 5.74) is 1.14. The van der Waals surface area contributed by atoms with E-state index in [1.807, 2.05) is 19.0 Å². The lowest BCUT2D eigenvalue weighted by Gasteiger charge is -2.25. The van der Waals surface area contributed by atoms with E-state index < -0.39 is 12.8 Å². The van der Waals surface area contributed by atoms with Gasteiger partial charge in [-0.1, -0.05) is 12.1 Å². The largest absolute Gasteiger partial charge is 0.484 e. The zero-order chi connectivity index (χ0) is 20.0. The van der Waals surface area contributed by atoms with Crippen LogP contribution < -0.4 is 10.1 Å². The van der Waals surface area contributed by atoms with Crippen LogP contribution in [0.25, 0.3) is 0 Å². The number of halogens is 4. The van der Waals surface area contributed by atoms with E-state index in [0.29, 0.717) is 5.56 Å². The molecule has 0 aliphatic rings. The van der Waals surface area contributed by atoms with Gasteiger partial charge in [0.2, 0.25) is 0 Å². The minimum absolute atomic E-state index is 0.0290. The highest BCUT2D eigenvalue weighted by Gasteiger charge is 2.28. The summed E-state index contributed by atoms with van der Waals surface area (Å²) in [6, 6.07) is 11.3. The van der Waals surface area contributed by atoms with Gasteiger partial charge in [-0.15, -0.1) is 0 Å². The second-order valence-corrected chi connectivity index (χ2v) is 6.17. The Kier molecular flexibility index (Phi) is 6.79. The van der Waals surface area contributed by atoms with Gasteiger partial charge in [0.15, 0.2) is 6.61 Å². The third-order valence-electron chi connectivity index (χ3n) is 3.85. The number of alkyl halides is 3. The maximum atomic E-state index is 13.1. The summed E-state index contributed by atoms with van der Waals surface area (Å²) in [5, 5.41) is 2.77. The van der Waals surface area contributed by atoms with E-state index in [1.54, 1.807) is 12.1 Å². The number of nitrogens with one attached hydrogen (secondary N) is 1. The topological polar surface area (TPSA) is 41.6 Å². The van der Waals surface area contributed by atoms with E-state index in [1.165, 1.54) is 36.4 Å². The number of likely N-dealkylation sites (N-methyl/N-ethyl adjacent to an activating group) is 1. The monoisotopic (exact) mass is 384 g/mol. The van der Waals surface area contributed by atoms with Crippen molar-refractivity contribution in [3.63, 3.8) is 0 Å². The third-order valence-corrected chi connectivity index (χ3v) is 3.85. The molecule has 0 fully saturated rings. The van der Waals surface area contributed by atoms with Crippen LogP contribution in [-0.4, -0.2) is 44.2 Å². The fourth-order valence-corrected chi connectivity index (χ4v) is 2.44. The van der Waals surface area contributed by atoms with Crippen molar-refractivity contribution < 1.29 is 27.1 Å². The van der Waals surface area contributed by atoms with Crippen LogP contribution in [0.5, 0.6) is 5.75 Å². The average Bonchev–Trinajstić information content (AvgIpc) is 2.61. The standard InChI is InChI=1S/C19H20F4N2O2/c1-25(2)17(13-3-7-15(20)8-4-13)11-24-18(26)14-5-9-16(10-6-14)27-12-19(21,22)23/h3-10,17H,11-12H2,1-2H3,(H,24,26). The number of hydrogen-bond acceptors (Lipinski definition) is 3. The summed E-state index contributed by atoms with van der Waals surface area (Å²) in [5.74, 6) is -0.680. The third kappa shape index (κ3) is 6.56. The van der Waals surface area contributed by atoms with Gasteiger partial charge in [-0.3, -0.25) is 4.79 Å². The Morgan fingerprint density at radius 3 is 2.19 bits per heavy atom. The molecule has 0 saturated heterocycles. The van der Waals surface area contributed by atoms with Gasteiger partial charge in [-0.2, -0.15) is 13.2 Å². The molecule has 8 heteroatoms. The second-order valence-electron chi connectivity index (χ2n) is 6.17. The highest BCUT2D eigenvalue weighted by molar-refractivity contribution is 5.94. The lowest BCUT2D eigenvalue weighted by molar-refractivity contribution is -0.153. The Morgan fingerprint density at radius 2 is 1.67 bits per heavy atom. The molecule has 0 heterocycles. The molecule has 1 atom stereocenters. The summed E-state index contributed by atoms with van der Waals surface area (Å²) in [6.07, 6.45) is -4.42. The Hall–Kier alpha value is -2.61. The number of nitrogens with zero attached hydrogens (tertiary/aromatic N) is 1. The molecule has 0 saturated carbocycles. The molecular weight excluding hydrogens is 364 g/mol. The molecule has 0 spiro atoms. The Bertz CT molecular complexity index is 744. The smallest absolute Gasteiger partial charge is 0.422 e. The van der Waals surface area contributed by atoms with Crippen LogP contribution in [0.4, 0.5) is 17.6 Å². The van der Waals surface area contributed by atoms with Crippen molar-refractivity contribution in [2.45, 2.75) is 12.2 Å². The molecule has 2 aromatic carbocycles. The minimum atomic E-state index is -4.42. The molecule has 1 amide bonds. The van der Waals surface area contributed by atoms with E-state index >= 15 is 0 Å². The quantitative estimate of drug-likeness (QED) is 0.739. The molecule has 2 aromatic rings. The van der Waals surface area contributed by atoms with Gasteiger partial charge < -0.3 is 15.0 Å². The molecular formula is C19H20F4N2O2. The first-order valence-electron chi connectivity index (χ1n) is 8.15. The highest BCUT2D eigenvalue weighted by atomic mass is 19.4. The molecule has 0 radical (unpaired) electrons. The van der Waals surface area contributed by atoms with Crippen LogP contribution in [0.3, 0.4) is 0 Å². The number of amides is 1. The summed E-state index contributed by atoms with van der Waals surface area (Å²) in [4.78, 5) is 14.2. The van der Waals surface area contributed by atoms with Crippen LogP contribution in [-0.2, 0) is 0 Å². The van der Waals surface area contributed by atoms with Crippen molar-refractivity contribution in [3.05, 3.63) is 65.5 Å². The van der Waals surface area contributed by atoms with Gasteiger partial charge in [-0.25, -0.2) is 4.39 Å². The molecule has 2 rings (SSSR count). The summed E-state index contributed by atoms with van der Waals surface area (Å²) >= 11 is 0. The van der Waals surface area contributed by atoms with Crippen LogP contribution in [0.2, 0.25) is 0 Å². The fourth-order valence-electron chi connectivity index (χ4n) is 2.44. The first-order valence-corrected chi connectivity index (χ1v) is 8.15. The lowest BCUT2D eigenvalue weighted by Crippen LogP contribution is -2.34. The van der Waals surface area contributed by atoms with Crippen LogP contribution in [0.1, 0.15) is 22.0 Å². The van der Waals surface area contributed by atoms with Crippen molar-refractivity contribution in [3.8, 4) is 5.75 Å². The highest BCUT2D eigenvalue weighted by Crippen LogP contribution is 2.20. The van der Waals surface area contributed by atoms with Crippen LogP contribution in [0, 0.1) is 5.82 Å². The molecule has 27 heavy (non-hydrogen) atoms. The number of benzene rings is 2. The van der Waals surface area contributed by atoms with Gasteiger partial charge >= 0.3 is 6.18 Å². The van der Waals surface area contributed by atoms with Gasteiger partial charge in [0.1, 0.15) is 11.6 Å². The first-order chi connectivity index (χ1) is 12.7. The predicted octanol–water partition coefficient (Wildman–Crippen LogP) is 3.80. The molecule has 0 aliphatic heterocycles. The summed E-state index contributed by atoms with van der Waals surface area (Å²) in [7, 11) is 3.68. The van der Waals surface area contributed by atoms with Crippen molar-refractivity contribution in [2.24, 2.45) is 0 Å². The second kappa shape index (κ2) is 8.85. The van der Waals surface area contributed by atoms with Gasteiger partial charge in [0.05, 0.1) is 6.04 Å². The van der Waals surface area contributed by atoms with E-state index in [2.05, 4.69) is 10.1 Å². The lowest BCUT2D eigenvalue weighted by atomic mass is 10.1. The van der Waals surface area contributed by atoms with Gasteiger partial charge in [0, 0.05) is 12.1 Å². The number of carbonyl (C=O) groups excluding carboxylic acids is 1. The average molecular weight is 384 g/mol. The summed E-state index contributed by atoms with van der Waals surface area (Å²) < 4.78 is 54.1. The minimum Gasteiger partial charge on any atom is -0.484 e. The molecule has 1 unspecified atom stereocenters. The first kappa shape index (κ1) is 20.7. The van der Waals surface area contributed by atoms with Crippen molar-refractivity contribution in [1.29, 1.82) is 0 Å². The maximum absolute atomic E-state index is 13.1. The van der Waals surface area contributed by atoms with Gasteiger partial charge in [0.25, 0.3) is 5.91 Å². The molecule has 1 N–H and O–H groups in total. The molecule has 0 aromatic heterocycles. The van der Waals surface area contributed by atoms with Crippen molar-refractivity contribution in [2.75, 3.05) is 27.2 Å². The normalized spacial score (nSPS) is 12.7. The number of rotatable bonds is 7. The Morgan fingerprint density at radius 1 is 1.07 bits per heavy atom. The Labute approximate surface area is 154 Å². The van der Waals surface area contributed by atoms with E-state index in [-0.39, 0.29) is 30.1 Å². The van der Waals surface area contributed by atoms with Gasteiger partial charge in [-0.05, 0) is 56.1 Å². The van der Waals surface area contributed by atoms with Crippen LogP contribution in [0.15, 0.2) is 48.5 Å². The predicted molar refractivity (Wildman–Crippen MR) is 93.2 cm³/mol. The van der Waals surface area contributed by atoms with Crippen molar-refractivity contribution in [1.82, 2.24) is 10.2 Å². The van der Waals surface area contributed by atoms with Crippen molar-refractivity contribution >= 4 is 5.91 Å². The SMILES string of the molecule is CN(C)C(CNC(=O)c1ccc(OCC(F)(F)F)cc1)c1ccc(F)cc1. The fraction of sp³-hybridized carbons (Fsp3) is 0.316. The molecule has 0 bridgehead atoms. The van der Waals surface area contributed by atoms with Crippen LogP contribution >= 0.6 is 0 Å². The van der Waals surface area contributed by atoms with E-state index in [0.717, 1.165) is 5.56 Å². The van der Waals surface area contributed by atoms with E-state index in [4.69, 9.17) is 0 Å². The summed E-state index contributed by atoms with van der Waals surface area (Å²) in [6.45, 7) is -1.11. The molecule has 0 aliphatic carbocycles. The van der Waals surface area contributed by atoms with E-state index in [9.17, 15) is 22.4 Å². The number of ether oxygens (including phenoxy) is 1. The molecule has 146 valence electrons. The number of hydrogen-bond donors (Lipinski definition) is 1. The maximum Gasteiger partial charge on any atom is 0.422 e. The zero-order valence-corrected chi connectivity index (χ0v) is 14.9. The Balaban J connectivity index is 1.96. The number of carbonyl (C=O) groups is 1.